The van der Waals surface area contributed by atoms with Crippen LogP contribution in [0.5, 0.6) is 0 Å². The number of amides is 1. The van der Waals surface area contributed by atoms with Crippen LogP contribution in [0.1, 0.15) is 25.7 Å². The van der Waals surface area contributed by atoms with Crippen LogP contribution in [0.15, 0.2) is 0 Å². The summed E-state index contributed by atoms with van der Waals surface area (Å²) in [6.07, 6.45) is -0.229. The maximum Gasteiger partial charge on any atom is 0.471 e. The monoisotopic (exact) mass is 235 g/mol. The molecule has 3 unspecified atom stereocenters. The maximum atomic E-state index is 12.2. The van der Waals surface area contributed by atoms with Gasteiger partial charge in [0.1, 0.15) is 0 Å². The van der Waals surface area contributed by atoms with Gasteiger partial charge in [-0.05, 0) is 37.0 Å². The van der Waals surface area contributed by atoms with Crippen molar-refractivity contribution in [3.63, 3.8) is 0 Å². The molecule has 0 aliphatic heterocycles. The van der Waals surface area contributed by atoms with Crippen LogP contribution in [0.3, 0.4) is 0 Å². The number of carbonyl (C=O) groups is 1. The molecule has 2 rings (SSSR count). The average Bonchev–Trinajstić information content (AvgIpc) is 2.76. The standard InChI is InChI=1S/C11H16F3NO/c1-15(10(16)11(12,13)14)6-9-5-7-2-3-8(9)4-7/h7-9H,2-6H2,1H3. The third kappa shape index (κ3) is 2.18. The highest BCUT2D eigenvalue weighted by Gasteiger charge is 2.44. The molecule has 92 valence electrons. The Morgan fingerprint density at radius 3 is 2.44 bits per heavy atom. The largest absolute Gasteiger partial charge is 0.471 e. The number of fused-ring (bicyclic) bond motifs is 2. The van der Waals surface area contributed by atoms with Crippen molar-refractivity contribution in [2.45, 2.75) is 31.9 Å². The van der Waals surface area contributed by atoms with Gasteiger partial charge in [-0.2, -0.15) is 13.2 Å². The first-order valence-corrected chi connectivity index (χ1v) is 5.70. The van der Waals surface area contributed by atoms with Gasteiger partial charge in [0, 0.05) is 13.6 Å². The topological polar surface area (TPSA) is 20.3 Å². The van der Waals surface area contributed by atoms with Gasteiger partial charge in [0.05, 0.1) is 0 Å². The molecule has 2 aliphatic carbocycles. The summed E-state index contributed by atoms with van der Waals surface area (Å²) < 4.78 is 36.5. The molecule has 0 aromatic rings. The summed E-state index contributed by atoms with van der Waals surface area (Å²) in [6.45, 7) is 0.263. The third-order valence-electron chi connectivity index (χ3n) is 3.98. The normalized spacial score (nSPS) is 33.1. The minimum Gasteiger partial charge on any atom is -0.338 e. The van der Waals surface area contributed by atoms with Gasteiger partial charge in [0.25, 0.3) is 0 Å². The van der Waals surface area contributed by atoms with E-state index in [4.69, 9.17) is 0 Å². The molecule has 2 saturated carbocycles. The molecule has 0 N–H and O–H groups in total. The number of alkyl halides is 3. The van der Waals surface area contributed by atoms with Crippen molar-refractivity contribution in [2.75, 3.05) is 13.6 Å². The molecule has 16 heavy (non-hydrogen) atoms. The molecule has 2 fully saturated rings. The van der Waals surface area contributed by atoms with Crippen molar-refractivity contribution < 1.29 is 18.0 Å². The summed E-state index contributed by atoms with van der Waals surface area (Å²) in [4.78, 5) is 11.8. The van der Waals surface area contributed by atoms with Gasteiger partial charge in [0.15, 0.2) is 0 Å². The van der Waals surface area contributed by atoms with Crippen LogP contribution in [0.4, 0.5) is 13.2 Å². The zero-order chi connectivity index (χ0) is 11.9. The van der Waals surface area contributed by atoms with Crippen molar-refractivity contribution in [1.82, 2.24) is 4.90 Å². The highest BCUT2D eigenvalue weighted by Crippen LogP contribution is 2.48. The molecular formula is C11H16F3NO. The SMILES string of the molecule is CN(CC1CC2CCC1C2)C(=O)C(F)(F)F. The van der Waals surface area contributed by atoms with Crippen LogP contribution in [-0.2, 0) is 4.79 Å². The van der Waals surface area contributed by atoms with Crippen molar-refractivity contribution in [3.05, 3.63) is 0 Å². The quantitative estimate of drug-likeness (QED) is 0.720. The van der Waals surface area contributed by atoms with Crippen LogP contribution in [0.25, 0.3) is 0 Å². The molecule has 0 spiro atoms. The molecular weight excluding hydrogens is 219 g/mol. The van der Waals surface area contributed by atoms with Gasteiger partial charge in [0.2, 0.25) is 0 Å². The first kappa shape index (κ1) is 11.7. The Labute approximate surface area is 92.8 Å². The van der Waals surface area contributed by atoms with Crippen molar-refractivity contribution in [2.24, 2.45) is 17.8 Å². The maximum absolute atomic E-state index is 12.2. The molecule has 2 bridgehead atoms. The van der Waals surface area contributed by atoms with Gasteiger partial charge in [-0.15, -0.1) is 0 Å². The van der Waals surface area contributed by atoms with E-state index in [9.17, 15) is 18.0 Å². The fraction of sp³-hybridized carbons (Fsp3) is 0.909. The first-order chi connectivity index (χ1) is 7.38. The van der Waals surface area contributed by atoms with Crippen molar-refractivity contribution >= 4 is 5.91 Å². The second-order valence-electron chi connectivity index (χ2n) is 5.12. The molecule has 5 heteroatoms. The predicted molar refractivity (Wildman–Crippen MR) is 52.6 cm³/mol. The van der Waals surface area contributed by atoms with E-state index in [1.165, 1.54) is 13.5 Å². The Hall–Kier alpha value is -0.740. The molecule has 2 aliphatic rings. The molecule has 0 aromatic carbocycles. The predicted octanol–water partition coefficient (Wildman–Crippen LogP) is 2.44. The summed E-state index contributed by atoms with van der Waals surface area (Å²) in [5.74, 6) is -0.178. The summed E-state index contributed by atoms with van der Waals surface area (Å²) in [5, 5.41) is 0. The van der Waals surface area contributed by atoms with E-state index in [1.807, 2.05) is 0 Å². The van der Waals surface area contributed by atoms with Gasteiger partial charge < -0.3 is 4.90 Å². The van der Waals surface area contributed by atoms with Gasteiger partial charge in [-0.25, -0.2) is 0 Å². The van der Waals surface area contributed by atoms with Crippen LogP contribution in [-0.4, -0.2) is 30.6 Å². The lowest BCUT2D eigenvalue weighted by atomic mass is 9.88. The number of hydrogen-bond donors (Lipinski definition) is 0. The molecule has 0 aromatic heterocycles. The molecule has 0 heterocycles. The highest BCUT2D eigenvalue weighted by atomic mass is 19.4. The van der Waals surface area contributed by atoms with Crippen LogP contribution < -0.4 is 0 Å². The smallest absolute Gasteiger partial charge is 0.338 e. The Morgan fingerprint density at radius 1 is 1.31 bits per heavy atom. The van der Waals surface area contributed by atoms with Gasteiger partial charge >= 0.3 is 12.1 Å². The second-order valence-corrected chi connectivity index (χ2v) is 5.12. The third-order valence-corrected chi connectivity index (χ3v) is 3.98. The lowest BCUT2D eigenvalue weighted by Gasteiger charge is -2.27. The zero-order valence-electron chi connectivity index (χ0n) is 9.26. The van der Waals surface area contributed by atoms with E-state index in [1.54, 1.807) is 0 Å². The molecule has 3 atom stereocenters. The number of rotatable bonds is 2. The fourth-order valence-corrected chi connectivity index (χ4v) is 3.25. The second kappa shape index (κ2) is 3.93. The minimum atomic E-state index is -4.73. The zero-order valence-corrected chi connectivity index (χ0v) is 9.26. The van der Waals surface area contributed by atoms with E-state index in [0.717, 1.165) is 24.2 Å². The molecule has 0 saturated heterocycles. The lowest BCUT2D eigenvalue weighted by molar-refractivity contribution is -0.184. The summed E-state index contributed by atoms with van der Waals surface area (Å²) in [7, 11) is 1.25. The van der Waals surface area contributed by atoms with Crippen LogP contribution >= 0.6 is 0 Å². The van der Waals surface area contributed by atoms with E-state index >= 15 is 0 Å². The Balaban J connectivity index is 1.88. The number of carbonyl (C=O) groups excluding carboxylic acids is 1. The van der Waals surface area contributed by atoms with Gasteiger partial charge in [-0.1, -0.05) is 6.42 Å². The summed E-state index contributed by atoms with van der Waals surface area (Å²) in [6, 6.07) is 0. The van der Waals surface area contributed by atoms with Crippen molar-refractivity contribution in [3.8, 4) is 0 Å². The number of halogens is 3. The van der Waals surface area contributed by atoms with E-state index in [0.29, 0.717) is 11.8 Å². The molecule has 2 nitrogen and oxygen atoms in total. The van der Waals surface area contributed by atoms with Crippen molar-refractivity contribution in [1.29, 1.82) is 0 Å². The van der Waals surface area contributed by atoms with Gasteiger partial charge in [-0.3, -0.25) is 4.79 Å². The van der Waals surface area contributed by atoms with E-state index < -0.39 is 12.1 Å². The van der Waals surface area contributed by atoms with E-state index in [2.05, 4.69) is 0 Å². The minimum absolute atomic E-state index is 0.263. The first-order valence-electron chi connectivity index (χ1n) is 5.70. The Morgan fingerprint density at radius 2 is 2.00 bits per heavy atom. The summed E-state index contributed by atoms with van der Waals surface area (Å²) in [5.41, 5.74) is 0. The average molecular weight is 235 g/mol. The number of nitrogens with zero attached hydrogens (tertiary/aromatic N) is 1. The summed E-state index contributed by atoms with van der Waals surface area (Å²) >= 11 is 0. The van der Waals surface area contributed by atoms with E-state index in [-0.39, 0.29) is 12.5 Å². The Kier molecular flexibility index (Phi) is 2.88. The number of hydrogen-bond acceptors (Lipinski definition) is 1. The highest BCUT2D eigenvalue weighted by molar-refractivity contribution is 5.81. The molecule has 0 radical (unpaired) electrons. The lowest BCUT2D eigenvalue weighted by Crippen LogP contribution is -2.41. The Bertz CT molecular complexity index is 289. The fourth-order valence-electron chi connectivity index (χ4n) is 3.25. The van der Waals surface area contributed by atoms with Crippen LogP contribution in [0, 0.1) is 17.8 Å². The molecule has 1 amide bonds. The van der Waals surface area contributed by atoms with Crippen LogP contribution in [0.2, 0.25) is 0 Å².